The van der Waals surface area contributed by atoms with Crippen molar-refractivity contribution in [2.75, 3.05) is 0 Å². The third-order valence-corrected chi connectivity index (χ3v) is 9.88. The van der Waals surface area contributed by atoms with Crippen molar-refractivity contribution < 1.29 is 12.8 Å². The van der Waals surface area contributed by atoms with E-state index in [1.165, 1.54) is 5.19 Å². The summed E-state index contributed by atoms with van der Waals surface area (Å²) in [5, 5.41) is 2.22. The second-order valence-electron chi connectivity index (χ2n) is 10.4. The van der Waals surface area contributed by atoms with E-state index in [0.29, 0.717) is 16.7 Å². The third-order valence-electron chi connectivity index (χ3n) is 5.78. The number of rotatable bonds is 4. The molecule has 1 aromatic heterocycles. The van der Waals surface area contributed by atoms with Crippen LogP contribution in [0, 0.1) is 20.6 Å². The molecule has 0 atom stereocenters. The lowest BCUT2D eigenvalue weighted by molar-refractivity contribution is -0.660. The minimum atomic E-state index is -2.26. The lowest BCUT2D eigenvalue weighted by atomic mass is 9.93. The Morgan fingerprint density at radius 1 is 0.733 bits per heavy atom. The molecule has 0 aliphatic carbocycles. The number of benzene rings is 2. The number of hydrogen-bond donors (Lipinski definition) is 0. The summed E-state index contributed by atoms with van der Waals surface area (Å²) >= 11 is 0. The van der Waals surface area contributed by atoms with Crippen LogP contribution in [0.3, 0.4) is 0 Å². The minimum Gasteiger partial charge on any atom is -0.201 e. The zero-order valence-electron chi connectivity index (χ0n) is 25.6. The highest BCUT2D eigenvalue weighted by Crippen LogP contribution is 2.31. The van der Waals surface area contributed by atoms with Gasteiger partial charge in [0.05, 0.1) is 16.1 Å². The molecule has 3 aromatic rings. The Bertz CT molecular complexity index is 1280. The summed E-state index contributed by atoms with van der Waals surface area (Å²) in [4.78, 5) is 0. The summed E-state index contributed by atoms with van der Waals surface area (Å²) in [6, 6.07) is 14.1. The molecule has 3 rings (SSSR count). The van der Waals surface area contributed by atoms with Crippen molar-refractivity contribution in [3.05, 3.63) is 65.4 Å². The van der Waals surface area contributed by atoms with Gasteiger partial charge >= 0.3 is 0 Å². The Morgan fingerprint density at radius 2 is 1.37 bits per heavy atom. The molecule has 158 valence electrons. The molecular formula is C27H38NSi2+. The maximum atomic E-state index is 8.21. The van der Waals surface area contributed by atoms with E-state index in [2.05, 4.69) is 51.4 Å². The second kappa shape index (κ2) is 7.94. The SMILES string of the molecule is [2H]C([2H])([2H])c1cc(C)c(-c2cc([Si](C)(C)C)c(C([2H])([2H])[2H])c[n+]2C)cc1-c1ccc([Si](C)(C)C)cc1. The molecule has 0 saturated carbocycles. The smallest absolute Gasteiger partial charge is 0.201 e. The van der Waals surface area contributed by atoms with Gasteiger partial charge < -0.3 is 0 Å². The highest BCUT2D eigenvalue weighted by Gasteiger charge is 2.25. The summed E-state index contributed by atoms with van der Waals surface area (Å²) in [7, 11) is -1.62. The molecule has 1 heterocycles. The van der Waals surface area contributed by atoms with Crippen molar-refractivity contribution in [2.45, 2.75) is 59.9 Å². The molecule has 0 aliphatic heterocycles. The molecule has 0 bridgehead atoms. The predicted octanol–water partition coefficient (Wildman–Crippen LogP) is 5.86. The number of aromatic nitrogens is 1. The van der Waals surface area contributed by atoms with Crippen LogP contribution in [0.25, 0.3) is 22.4 Å². The van der Waals surface area contributed by atoms with Crippen molar-refractivity contribution in [1.29, 1.82) is 0 Å². The van der Waals surface area contributed by atoms with Crippen molar-refractivity contribution in [3.63, 3.8) is 0 Å². The van der Waals surface area contributed by atoms with Gasteiger partial charge in [-0.15, -0.1) is 0 Å². The highest BCUT2D eigenvalue weighted by atomic mass is 28.3. The molecule has 0 spiro atoms. The lowest BCUT2D eigenvalue weighted by Gasteiger charge is -2.20. The van der Waals surface area contributed by atoms with Gasteiger partial charge in [-0.2, -0.15) is 0 Å². The van der Waals surface area contributed by atoms with Gasteiger partial charge in [-0.3, -0.25) is 0 Å². The molecule has 30 heavy (non-hydrogen) atoms. The normalized spacial score (nSPS) is 16.1. The van der Waals surface area contributed by atoms with E-state index < -0.39 is 29.9 Å². The minimum absolute atomic E-state index is 0.330. The number of pyridine rings is 1. The number of aryl methyl sites for hydroxylation is 4. The highest BCUT2D eigenvalue weighted by molar-refractivity contribution is 6.89. The Balaban J connectivity index is 2.33. The van der Waals surface area contributed by atoms with Crippen LogP contribution in [0.2, 0.25) is 39.3 Å². The largest absolute Gasteiger partial charge is 0.212 e. The number of hydrogen-bond acceptors (Lipinski definition) is 0. The molecule has 0 radical (unpaired) electrons. The van der Waals surface area contributed by atoms with E-state index in [-0.39, 0.29) is 0 Å². The topological polar surface area (TPSA) is 3.88 Å². The Morgan fingerprint density at radius 3 is 1.90 bits per heavy atom. The molecule has 3 heteroatoms. The molecular weight excluding hydrogens is 394 g/mol. The first-order valence-electron chi connectivity index (χ1n) is 13.5. The molecule has 0 fully saturated rings. The fraction of sp³-hybridized carbons (Fsp3) is 0.370. The van der Waals surface area contributed by atoms with E-state index in [0.717, 1.165) is 27.6 Å². The summed E-state index contributed by atoms with van der Waals surface area (Å²) in [6.45, 7) is 10.8. The second-order valence-corrected chi connectivity index (χ2v) is 20.5. The van der Waals surface area contributed by atoms with Gasteiger partial charge in [-0.05, 0) is 54.1 Å². The molecule has 0 unspecified atom stereocenters. The molecule has 0 aliphatic rings. The monoisotopic (exact) mass is 438 g/mol. The van der Waals surface area contributed by atoms with E-state index >= 15 is 0 Å². The molecule has 0 saturated heterocycles. The first-order valence-corrected chi connectivity index (χ1v) is 17.5. The zero-order chi connectivity index (χ0) is 27.4. The Labute approximate surface area is 194 Å². The van der Waals surface area contributed by atoms with Crippen LogP contribution in [0.4, 0.5) is 0 Å². The third kappa shape index (κ3) is 4.52. The van der Waals surface area contributed by atoms with Crippen LogP contribution < -0.4 is 14.9 Å². The standard InChI is InChI=1S/C27H38NSi2/c1-19-15-20(2)25(26-17-27(30(8,9)10)21(3)18-28(26)4)16-24(19)22-11-13-23(14-12-22)29(5,6)7/h11-18H,1-10H3/q+1/i1D3,3D3. The fourth-order valence-electron chi connectivity index (χ4n) is 3.91. The first-order chi connectivity index (χ1) is 16.2. The molecule has 0 N–H and O–H groups in total. The van der Waals surface area contributed by atoms with Gasteiger partial charge in [-0.25, -0.2) is 4.57 Å². The van der Waals surface area contributed by atoms with Gasteiger partial charge in [0, 0.05) is 25.4 Å². The molecule has 1 nitrogen and oxygen atoms in total. The molecule has 2 aromatic carbocycles. The van der Waals surface area contributed by atoms with Gasteiger partial charge in [0.25, 0.3) is 0 Å². The molecule has 0 amide bonds. The van der Waals surface area contributed by atoms with Crippen LogP contribution in [0.5, 0.6) is 0 Å². The van der Waals surface area contributed by atoms with Crippen molar-refractivity contribution in [1.82, 2.24) is 0 Å². The summed E-state index contributed by atoms with van der Waals surface area (Å²) in [5.41, 5.74) is 4.93. The van der Waals surface area contributed by atoms with Crippen LogP contribution in [-0.4, -0.2) is 16.1 Å². The van der Waals surface area contributed by atoms with Crippen molar-refractivity contribution >= 4 is 26.5 Å². The van der Waals surface area contributed by atoms with Gasteiger partial charge in [-0.1, -0.05) is 74.8 Å². The van der Waals surface area contributed by atoms with Crippen molar-refractivity contribution in [3.8, 4) is 22.4 Å². The van der Waals surface area contributed by atoms with Gasteiger partial charge in [0.2, 0.25) is 5.69 Å². The quantitative estimate of drug-likeness (QED) is 0.355. The predicted molar refractivity (Wildman–Crippen MR) is 139 cm³/mol. The maximum Gasteiger partial charge on any atom is 0.212 e. The van der Waals surface area contributed by atoms with Crippen LogP contribution in [-0.2, 0) is 7.05 Å². The Hall–Kier alpha value is -1.98. The van der Waals surface area contributed by atoms with Gasteiger partial charge in [0.15, 0.2) is 6.20 Å². The first kappa shape index (κ1) is 15.8. The summed E-state index contributed by atoms with van der Waals surface area (Å²) in [5.74, 6) is 0. The van der Waals surface area contributed by atoms with Crippen molar-refractivity contribution in [2.24, 2.45) is 7.05 Å². The van der Waals surface area contributed by atoms with E-state index in [4.69, 9.17) is 8.22 Å². The number of nitrogens with zero attached hydrogens (tertiary/aromatic N) is 1. The van der Waals surface area contributed by atoms with E-state index in [1.54, 1.807) is 12.3 Å². The average molecular weight is 439 g/mol. The fourth-order valence-corrected chi connectivity index (χ4v) is 6.52. The van der Waals surface area contributed by atoms with Crippen LogP contribution in [0.15, 0.2) is 48.7 Å². The van der Waals surface area contributed by atoms with Crippen LogP contribution in [0.1, 0.15) is 24.9 Å². The summed E-state index contributed by atoms with van der Waals surface area (Å²) in [6.07, 6.45) is 1.73. The van der Waals surface area contributed by atoms with Gasteiger partial charge in [0.1, 0.15) is 7.05 Å². The average Bonchev–Trinajstić information content (AvgIpc) is 2.71. The zero-order valence-corrected chi connectivity index (χ0v) is 21.6. The van der Waals surface area contributed by atoms with E-state index in [9.17, 15) is 0 Å². The van der Waals surface area contributed by atoms with E-state index in [1.807, 2.05) is 42.8 Å². The summed E-state index contributed by atoms with van der Waals surface area (Å²) < 4.78 is 50.8. The maximum absolute atomic E-state index is 8.21. The van der Waals surface area contributed by atoms with Crippen LogP contribution >= 0.6 is 0 Å². The Kier molecular flexibility index (Phi) is 4.17. The lowest BCUT2D eigenvalue weighted by Crippen LogP contribution is -2.44.